The van der Waals surface area contributed by atoms with Crippen LogP contribution in [0.3, 0.4) is 0 Å². The zero-order valence-corrected chi connectivity index (χ0v) is 12.4. The van der Waals surface area contributed by atoms with Crippen molar-refractivity contribution in [2.75, 3.05) is 25.5 Å². The van der Waals surface area contributed by atoms with Gasteiger partial charge in [-0.05, 0) is 24.3 Å². The van der Waals surface area contributed by atoms with Crippen molar-refractivity contribution >= 4 is 11.6 Å². The van der Waals surface area contributed by atoms with Crippen LogP contribution in [-0.4, -0.2) is 31.2 Å². The first-order valence-electron chi connectivity index (χ1n) is 7.16. The molecule has 0 bridgehead atoms. The minimum Gasteiger partial charge on any atom is -0.391 e. The van der Waals surface area contributed by atoms with Crippen molar-refractivity contribution in [2.24, 2.45) is 0 Å². The van der Waals surface area contributed by atoms with Crippen LogP contribution in [0.4, 0.5) is 10.1 Å². The van der Waals surface area contributed by atoms with E-state index in [1.165, 1.54) is 24.3 Å². The molecule has 0 aliphatic carbocycles. The third-order valence-corrected chi connectivity index (χ3v) is 3.51. The molecule has 2 atom stereocenters. The fourth-order valence-electron chi connectivity index (χ4n) is 2.37. The van der Waals surface area contributed by atoms with Crippen molar-refractivity contribution in [2.45, 2.75) is 6.04 Å². The lowest BCUT2D eigenvalue weighted by atomic mass is 10.0. The number of likely N-dealkylation sites (N-methyl/N-ethyl adjacent to an activating group) is 1. The Morgan fingerprint density at radius 3 is 2.41 bits per heavy atom. The SMILES string of the molecule is C[NH+](CCO)[C@@H](C(=O)Nc1ccc(F)cc1)c1ccccc1. The number of hydrogen-bond acceptors (Lipinski definition) is 2. The number of aliphatic hydroxyl groups is 1. The Kier molecular flexibility index (Phi) is 5.63. The van der Waals surface area contributed by atoms with Crippen LogP contribution in [0.1, 0.15) is 11.6 Å². The fraction of sp³-hybridized carbons (Fsp3) is 0.235. The van der Waals surface area contributed by atoms with Crippen molar-refractivity contribution in [1.29, 1.82) is 0 Å². The molecule has 1 amide bonds. The Bertz CT molecular complexity index is 602. The molecule has 1 unspecified atom stereocenters. The van der Waals surface area contributed by atoms with Gasteiger partial charge in [0.1, 0.15) is 12.4 Å². The predicted octanol–water partition coefficient (Wildman–Crippen LogP) is 1.01. The maximum atomic E-state index is 12.9. The molecule has 0 spiro atoms. The molecule has 0 aliphatic heterocycles. The van der Waals surface area contributed by atoms with E-state index in [-0.39, 0.29) is 18.3 Å². The second-order valence-electron chi connectivity index (χ2n) is 5.16. The van der Waals surface area contributed by atoms with E-state index >= 15 is 0 Å². The van der Waals surface area contributed by atoms with Gasteiger partial charge in [-0.1, -0.05) is 30.3 Å². The highest BCUT2D eigenvalue weighted by Gasteiger charge is 2.28. The lowest BCUT2D eigenvalue weighted by Gasteiger charge is -2.24. The molecule has 4 nitrogen and oxygen atoms in total. The lowest BCUT2D eigenvalue weighted by molar-refractivity contribution is -0.902. The van der Waals surface area contributed by atoms with Crippen molar-refractivity contribution in [3.8, 4) is 0 Å². The van der Waals surface area contributed by atoms with Gasteiger partial charge in [-0.25, -0.2) is 4.39 Å². The summed E-state index contributed by atoms with van der Waals surface area (Å²) in [5.41, 5.74) is 1.41. The van der Waals surface area contributed by atoms with Gasteiger partial charge < -0.3 is 15.3 Å². The maximum Gasteiger partial charge on any atom is 0.287 e. The number of benzene rings is 2. The normalized spacial score (nSPS) is 13.4. The van der Waals surface area contributed by atoms with Crippen molar-refractivity contribution in [3.05, 3.63) is 66.0 Å². The second kappa shape index (κ2) is 7.68. The standard InChI is InChI=1S/C17H19FN2O2/c1-20(11-12-21)16(13-5-3-2-4-6-13)17(22)19-15-9-7-14(18)8-10-15/h2-10,16,21H,11-12H2,1H3,(H,19,22)/p+1/t16-/m1/s1. The maximum absolute atomic E-state index is 12.9. The zero-order valence-electron chi connectivity index (χ0n) is 12.4. The van der Waals surface area contributed by atoms with Gasteiger partial charge >= 0.3 is 0 Å². The van der Waals surface area contributed by atoms with Crippen LogP contribution < -0.4 is 10.2 Å². The van der Waals surface area contributed by atoms with Gasteiger partial charge in [-0.2, -0.15) is 0 Å². The number of quaternary nitrogens is 1. The number of carbonyl (C=O) groups excluding carboxylic acids is 1. The summed E-state index contributed by atoms with van der Waals surface area (Å²) >= 11 is 0. The van der Waals surface area contributed by atoms with E-state index in [4.69, 9.17) is 5.11 Å². The Labute approximate surface area is 129 Å². The number of carbonyl (C=O) groups is 1. The average Bonchev–Trinajstić information content (AvgIpc) is 2.51. The molecule has 2 rings (SSSR count). The largest absolute Gasteiger partial charge is 0.391 e. The van der Waals surface area contributed by atoms with Gasteiger partial charge in [0, 0.05) is 11.3 Å². The zero-order chi connectivity index (χ0) is 15.9. The Hall–Kier alpha value is -2.24. The molecule has 0 fully saturated rings. The van der Waals surface area contributed by atoms with E-state index in [0.29, 0.717) is 12.2 Å². The van der Waals surface area contributed by atoms with Crippen LogP contribution in [-0.2, 0) is 4.79 Å². The summed E-state index contributed by atoms with van der Waals surface area (Å²) in [6, 6.07) is 14.6. The highest BCUT2D eigenvalue weighted by Crippen LogP contribution is 2.14. The molecule has 5 heteroatoms. The number of anilines is 1. The summed E-state index contributed by atoms with van der Waals surface area (Å²) in [5, 5.41) is 11.9. The van der Waals surface area contributed by atoms with Gasteiger partial charge in [-0.15, -0.1) is 0 Å². The highest BCUT2D eigenvalue weighted by molar-refractivity contribution is 5.94. The van der Waals surface area contributed by atoms with Crippen LogP contribution in [0, 0.1) is 5.82 Å². The molecule has 0 aliphatic rings. The summed E-state index contributed by atoms with van der Waals surface area (Å²) < 4.78 is 12.9. The molecule has 116 valence electrons. The monoisotopic (exact) mass is 303 g/mol. The van der Waals surface area contributed by atoms with Gasteiger partial charge in [0.15, 0.2) is 6.04 Å². The molecule has 0 radical (unpaired) electrons. The van der Waals surface area contributed by atoms with E-state index in [1.807, 2.05) is 37.4 Å². The molecule has 0 heterocycles. The van der Waals surface area contributed by atoms with Crippen LogP contribution in [0.25, 0.3) is 0 Å². The Morgan fingerprint density at radius 1 is 1.18 bits per heavy atom. The first kappa shape index (κ1) is 16.1. The van der Waals surface area contributed by atoms with E-state index in [2.05, 4.69) is 5.32 Å². The van der Waals surface area contributed by atoms with Crippen molar-refractivity contribution in [1.82, 2.24) is 0 Å². The lowest BCUT2D eigenvalue weighted by Crippen LogP contribution is -3.11. The Morgan fingerprint density at radius 2 is 1.82 bits per heavy atom. The number of hydrogen-bond donors (Lipinski definition) is 3. The summed E-state index contributed by atoms with van der Waals surface area (Å²) in [4.78, 5) is 13.5. The molecule has 2 aromatic carbocycles. The third-order valence-electron chi connectivity index (χ3n) is 3.51. The minimum atomic E-state index is -0.446. The van der Waals surface area contributed by atoms with Crippen LogP contribution in [0.2, 0.25) is 0 Å². The summed E-state index contributed by atoms with van der Waals surface area (Å²) in [6.45, 7) is 0.454. The van der Waals surface area contributed by atoms with E-state index < -0.39 is 6.04 Å². The van der Waals surface area contributed by atoms with Crippen LogP contribution in [0.5, 0.6) is 0 Å². The van der Waals surface area contributed by atoms with E-state index in [0.717, 1.165) is 10.5 Å². The van der Waals surface area contributed by atoms with Crippen molar-refractivity contribution in [3.63, 3.8) is 0 Å². The summed E-state index contributed by atoms with van der Waals surface area (Å²) in [7, 11) is 1.86. The molecule has 3 N–H and O–H groups in total. The first-order valence-corrected chi connectivity index (χ1v) is 7.16. The minimum absolute atomic E-state index is 0.000997. The topological polar surface area (TPSA) is 53.8 Å². The van der Waals surface area contributed by atoms with Gasteiger partial charge in [0.2, 0.25) is 0 Å². The molecule has 2 aromatic rings. The van der Waals surface area contributed by atoms with E-state index in [9.17, 15) is 9.18 Å². The average molecular weight is 303 g/mol. The van der Waals surface area contributed by atoms with Gasteiger partial charge in [0.25, 0.3) is 5.91 Å². The third kappa shape index (κ3) is 4.13. The molecule has 0 saturated heterocycles. The van der Waals surface area contributed by atoms with Crippen LogP contribution >= 0.6 is 0 Å². The van der Waals surface area contributed by atoms with Gasteiger partial charge in [-0.3, -0.25) is 4.79 Å². The fourth-order valence-corrected chi connectivity index (χ4v) is 2.37. The number of amides is 1. The first-order chi connectivity index (χ1) is 10.6. The second-order valence-corrected chi connectivity index (χ2v) is 5.16. The molecule has 0 aromatic heterocycles. The van der Waals surface area contributed by atoms with Gasteiger partial charge in [0.05, 0.1) is 13.7 Å². The molecular weight excluding hydrogens is 283 g/mol. The quantitative estimate of drug-likeness (QED) is 0.746. The number of rotatable bonds is 6. The predicted molar refractivity (Wildman–Crippen MR) is 83.1 cm³/mol. The summed E-state index contributed by atoms with van der Waals surface area (Å²) in [5.74, 6) is -0.538. The van der Waals surface area contributed by atoms with Crippen LogP contribution in [0.15, 0.2) is 54.6 Å². The van der Waals surface area contributed by atoms with Crippen molar-refractivity contribution < 1.29 is 19.2 Å². The number of aliphatic hydroxyl groups excluding tert-OH is 1. The van der Waals surface area contributed by atoms with E-state index in [1.54, 1.807) is 0 Å². The number of nitrogens with one attached hydrogen (secondary N) is 2. The molecule has 22 heavy (non-hydrogen) atoms. The highest BCUT2D eigenvalue weighted by atomic mass is 19.1. The summed E-state index contributed by atoms with van der Waals surface area (Å²) in [6.07, 6.45) is 0. The number of halogens is 1. The Balaban J connectivity index is 2.20. The smallest absolute Gasteiger partial charge is 0.287 e. The molecule has 0 saturated carbocycles. The molecular formula is C17H20FN2O2+.